The van der Waals surface area contributed by atoms with Gasteiger partial charge in [0.25, 0.3) is 5.92 Å². The molecule has 2 fully saturated rings. The number of halogens is 3. The van der Waals surface area contributed by atoms with Gasteiger partial charge < -0.3 is 9.64 Å². The van der Waals surface area contributed by atoms with Crippen LogP contribution in [0, 0.1) is 11.2 Å². The lowest BCUT2D eigenvalue weighted by molar-refractivity contribution is 0.0174. The van der Waals surface area contributed by atoms with E-state index in [1.807, 2.05) is 4.90 Å². The molecule has 1 atom stereocenters. The Morgan fingerprint density at radius 3 is 2.49 bits per heavy atom. The van der Waals surface area contributed by atoms with Gasteiger partial charge in [0.1, 0.15) is 16.2 Å². The summed E-state index contributed by atoms with van der Waals surface area (Å²) in [6, 6.07) is 6.02. The molecule has 0 N–H and O–H groups in total. The molecule has 35 heavy (non-hydrogen) atoms. The van der Waals surface area contributed by atoms with Crippen molar-refractivity contribution in [3.63, 3.8) is 0 Å². The van der Waals surface area contributed by atoms with Crippen LogP contribution in [0.25, 0.3) is 0 Å². The summed E-state index contributed by atoms with van der Waals surface area (Å²) < 4.78 is 72.4. The molecule has 0 radical (unpaired) electrons. The first-order chi connectivity index (χ1) is 16.5. The minimum Gasteiger partial charge on any atom is -0.381 e. The molecule has 2 aliphatic heterocycles. The van der Waals surface area contributed by atoms with Gasteiger partial charge in [-0.3, -0.25) is 0 Å². The Hall–Kier alpha value is -2.20. The van der Waals surface area contributed by atoms with Crippen molar-refractivity contribution in [3.8, 4) is 0 Å². The molecule has 0 amide bonds. The molecule has 0 saturated carbocycles. The molecule has 192 valence electrons. The second-order valence-corrected chi connectivity index (χ2v) is 12.1. The number of hydrogen-bond acceptors (Lipinski definition) is 6. The van der Waals surface area contributed by atoms with Crippen LogP contribution in [0.4, 0.5) is 19.0 Å². The van der Waals surface area contributed by atoms with E-state index < -0.39 is 27.0 Å². The van der Waals surface area contributed by atoms with E-state index in [-0.39, 0.29) is 28.9 Å². The van der Waals surface area contributed by atoms with Gasteiger partial charge in [-0.05, 0) is 49.5 Å². The maximum Gasteiger partial charge on any atom is 0.270 e. The van der Waals surface area contributed by atoms with Gasteiger partial charge in [0.05, 0.1) is 17.5 Å². The summed E-state index contributed by atoms with van der Waals surface area (Å²) in [6.45, 7) is 2.44. The third-order valence-corrected chi connectivity index (χ3v) is 8.32. The molecule has 1 aromatic carbocycles. The van der Waals surface area contributed by atoms with Crippen molar-refractivity contribution < 1.29 is 26.3 Å². The van der Waals surface area contributed by atoms with E-state index >= 15 is 4.39 Å². The second kappa shape index (κ2) is 10.0. The van der Waals surface area contributed by atoms with Crippen molar-refractivity contribution >= 4 is 15.7 Å². The normalized spacial score (nSPS) is 20.8. The minimum atomic E-state index is -3.21. The Bertz CT molecular complexity index is 1130. The predicted octanol–water partition coefficient (Wildman–Crippen LogP) is 4.84. The van der Waals surface area contributed by atoms with E-state index in [1.165, 1.54) is 24.7 Å². The fourth-order valence-electron chi connectivity index (χ4n) is 5.35. The van der Waals surface area contributed by atoms with Crippen LogP contribution in [0.3, 0.4) is 0 Å². The summed E-state index contributed by atoms with van der Waals surface area (Å²) in [5, 5.41) is 0. The van der Waals surface area contributed by atoms with Gasteiger partial charge in [0.15, 0.2) is 11.6 Å². The second-order valence-electron chi connectivity index (χ2n) is 10.0. The van der Waals surface area contributed by atoms with Gasteiger partial charge in [-0.1, -0.05) is 24.3 Å². The van der Waals surface area contributed by atoms with Crippen molar-refractivity contribution in [1.82, 2.24) is 9.97 Å². The molecular formula is C25H32F3N3O3S. The molecule has 0 spiro atoms. The van der Waals surface area contributed by atoms with Gasteiger partial charge in [0.2, 0.25) is 0 Å². The quantitative estimate of drug-likeness (QED) is 0.505. The third kappa shape index (κ3) is 6.14. The molecular weight excluding hydrogens is 479 g/mol. The lowest BCUT2D eigenvalue weighted by Gasteiger charge is -2.36. The van der Waals surface area contributed by atoms with Gasteiger partial charge in [-0.2, -0.15) is 0 Å². The smallest absolute Gasteiger partial charge is 0.270 e. The molecule has 6 nitrogen and oxygen atoms in total. The monoisotopic (exact) mass is 511 g/mol. The highest BCUT2D eigenvalue weighted by Crippen LogP contribution is 2.40. The molecule has 10 heteroatoms. The number of hydrogen-bond donors (Lipinski definition) is 0. The van der Waals surface area contributed by atoms with Crippen LogP contribution in [0.15, 0.2) is 30.6 Å². The van der Waals surface area contributed by atoms with Crippen molar-refractivity contribution in [2.45, 2.75) is 57.4 Å². The fourth-order valence-corrected chi connectivity index (χ4v) is 6.89. The Morgan fingerprint density at radius 1 is 1.17 bits per heavy atom. The molecule has 0 aliphatic carbocycles. The number of benzene rings is 1. The lowest BCUT2D eigenvalue weighted by atomic mass is 9.78. The summed E-state index contributed by atoms with van der Waals surface area (Å²) in [5.74, 6) is -3.17. The molecule has 1 unspecified atom stereocenters. The molecule has 1 aromatic heterocycles. The zero-order chi connectivity index (χ0) is 25.3. The highest BCUT2D eigenvalue weighted by atomic mass is 32.2. The Labute approximate surface area is 204 Å². The summed E-state index contributed by atoms with van der Waals surface area (Å²) in [7, 11) is -3.21. The first-order valence-corrected chi connectivity index (χ1v) is 14.0. The highest BCUT2D eigenvalue weighted by molar-refractivity contribution is 7.90. The fraction of sp³-hybridized carbons (Fsp3) is 0.600. The Morgan fingerprint density at radius 2 is 1.86 bits per heavy atom. The number of aromatic nitrogens is 2. The van der Waals surface area contributed by atoms with Crippen LogP contribution in [-0.2, 0) is 26.9 Å². The zero-order valence-electron chi connectivity index (χ0n) is 20.1. The molecule has 2 aliphatic rings. The van der Waals surface area contributed by atoms with Crippen LogP contribution < -0.4 is 4.90 Å². The van der Waals surface area contributed by atoms with E-state index in [0.29, 0.717) is 45.4 Å². The third-order valence-electron chi connectivity index (χ3n) is 7.18. The number of aryl methyl sites for hydroxylation is 1. The van der Waals surface area contributed by atoms with Crippen LogP contribution in [0.2, 0.25) is 0 Å². The number of nitrogens with zero attached hydrogens (tertiary/aromatic N) is 3. The largest absolute Gasteiger partial charge is 0.381 e. The first kappa shape index (κ1) is 25.9. The number of ether oxygens (including phenoxy) is 1. The van der Waals surface area contributed by atoms with Crippen LogP contribution in [0.1, 0.15) is 61.9 Å². The predicted molar refractivity (Wildman–Crippen MR) is 128 cm³/mol. The van der Waals surface area contributed by atoms with Crippen molar-refractivity contribution in [2.24, 2.45) is 5.41 Å². The molecule has 0 bridgehead atoms. The van der Waals surface area contributed by atoms with Gasteiger partial charge >= 0.3 is 0 Å². The van der Waals surface area contributed by atoms with E-state index in [9.17, 15) is 17.2 Å². The standard InChI is InChI=1S/C25H32F3N3O3S/c1-24(27,28)19-7-5-18(6-8-19)21-4-3-13-31(21)23-22(26)20(29-17-30-23)9-10-25(16-35(2,32)33)11-14-34-15-12-25/h5-8,17,21H,3-4,9-16H2,1-2H3. The molecule has 2 aromatic rings. The van der Waals surface area contributed by atoms with E-state index in [1.54, 1.807) is 12.1 Å². The van der Waals surface area contributed by atoms with Crippen molar-refractivity contribution in [1.29, 1.82) is 0 Å². The van der Waals surface area contributed by atoms with E-state index in [2.05, 4.69) is 9.97 Å². The zero-order valence-corrected chi connectivity index (χ0v) is 21.0. The number of anilines is 1. The average Bonchev–Trinajstić information content (AvgIpc) is 3.27. The van der Waals surface area contributed by atoms with E-state index in [0.717, 1.165) is 25.3 Å². The maximum absolute atomic E-state index is 15.6. The summed E-state index contributed by atoms with van der Waals surface area (Å²) in [5.41, 5.74) is 0.589. The Balaban J connectivity index is 1.54. The molecule has 2 saturated heterocycles. The number of rotatable bonds is 8. The van der Waals surface area contributed by atoms with Crippen LogP contribution in [-0.4, -0.2) is 50.2 Å². The first-order valence-electron chi connectivity index (χ1n) is 12.0. The highest BCUT2D eigenvalue weighted by Gasteiger charge is 2.37. The topological polar surface area (TPSA) is 72.4 Å². The van der Waals surface area contributed by atoms with Crippen LogP contribution in [0.5, 0.6) is 0 Å². The number of alkyl halides is 2. The lowest BCUT2D eigenvalue weighted by Crippen LogP contribution is -2.36. The van der Waals surface area contributed by atoms with Gasteiger partial charge in [-0.25, -0.2) is 31.6 Å². The minimum absolute atomic E-state index is 0.0456. The summed E-state index contributed by atoms with van der Waals surface area (Å²) in [6.07, 6.45) is 6.18. The van der Waals surface area contributed by atoms with Gasteiger partial charge in [-0.15, -0.1) is 0 Å². The van der Waals surface area contributed by atoms with Gasteiger partial charge in [0, 0.05) is 38.5 Å². The number of sulfone groups is 1. The van der Waals surface area contributed by atoms with Crippen molar-refractivity contribution in [3.05, 3.63) is 53.2 Å². The van der Waals surface area contributed by atoms with Crippen molar-refractivity contribution in [2.75, 3.05) is 36.7 Å². The Kier molecular flexibility index (Phi) is 7.43. The summed E-state index contributed by atoms with van der Waals surface area (Å²) in [4.78, 5) is 10.3. The van der Waals surface area contributed by atoms with E-state index in [4.69, 9.17) is 4.74 Å². The average molecular weight is 512 g/mol. The molecule has 3 heterocycles. The molecule has 4 rings (SSSR count). The summed E-state index contributed by atoms with van der Waals surface area (Å²) >= 11 is 0. The van der Waals surface area contributed by atoms with Crippen LogP contribution >= 0.6 is 0 Å². The maximum atomic E-state index is 15.6. The SMILES string of the molecule is CC(F)(F)c1ccc(C2CCCN2c2ncnc(CCC3(CS(C)(=O)=O)CCOCC3)c2F)cc1.